The highest BCUT2D eigenvalue weighted by atomic mass is 32.2. The molecule has 4 atom stereocenters. The molecule has 0 saturated carbocycles. The molecule has 232 valence electrons. The lowest BCUT2D eigenvalue weighted by Gasteiger charge is -2.41. The molecule has 2 fully saturated rings. The average molecular weight is 615 g/mol. The van der Waals surface area contributed by atoms with Crippen molar-refractivity contribution in [2.75, 3.05) is 6.54 Å². The summed E-state index contributed by atoms with van der Waals surface area (Å²) in [6.07, 6.45) is 5.24. The van der Waals surface area contributed by atoms with E-state index in [1.165, 1.54) is 11.1 Å². The largest absolute Gasteiger partial charge is 0.489 e. The van der Waals surface area contributed by atoms with Gasteiger partial charge in [0.2, 0.25) is 5.91 Å². The minimum absolute atomic E-state index is 0.0559. The molecule has 0 spiro atoms. The standard InChI is InChI=1S/C36H42N2O5S/c1-22-23(2)33-28(24(3)32(22)41-21-26-9-6-5-7-10-26)16-17-36(4,43-33)20-30(29-11-8-18-37-29)42-27-14-12-25(13-15-27)19-31-34(39)38-35(40)44-31/h5-7,9-10,12-15,29-31,37H,8,11,16-21H2,1-4H3,(H,38,39,40)/t29-,30?,31?,36?/m1/s1. The Morgan fingerprint density at radius 2 is 1.77 bits per heavy atom. The molecule has 3 heterocycles. The molecule has 8 heteroatoms. The van der Waals surface area contributed by atoms with Gasteiger partial charge in [-0.2, -0.15) is 0 Å². The predicted octanol–water partition coefficient (Wildman–Crippen LogP) is 6.76. The number of ether oxygens (including phenoxy) is 3. The summed E-state index contributed by atoms with van der Waals surface area (Å²) in [4.78, 5) is 23.5. The maximum atomic E-state index is 12.0. The van der Waals surface area contributed by atoms with Crippen LogP contribution in [0.15, 0.2) is 54.6 Å². The Balaban J connectivity index is 1.16. The summed E-state index contributed by atoms with van der Waals surface area (Å²) >= 11 is 1.06. The van der Waals surface area contributed by atoms with E-state index in [-0.39, 0.29) is 34.1 Å². The summed E-state index contributed by atoms with van der Waals surface area (Å²) in [6, 6.07) is 18.5. The van der Waals surface area contributed by atoms with Gasteiger partial charge in [-0.15, -0.1) is 0 Å². The van der Waals surface area contributed by atoms with Crippen LogP contribution in [0, 0.1) is 20.8 Å². The van der Waals surface area contributed by atoms with E-state index in [2.05, 4.69) is 50.5 Å². The second-order valence-corrected chi connectivity index (χ2v) is 13.8. The van der Waals surface area contributed by atoms with Crippen LogP contribution in [0.25, 0.3) is 0 Å². The van der Waals surface area contributed by atoms with Crippen LogP contribution in [-0.2, 0) is 24.2 Å². The first-order chi connectivity index (χ1) is 21.2. The number of carbonyl (C=O) groups is 2. The SMILES string of the molecule is Cc1c(C)c2c(c(C)c1OCc1ccccc1)CCC(C)(CC(Oc1ccc(CC3SC(=O)NC3=O)cc1)[C@H]1CCCN1)O2. The minimum Gasteiger partial charge on any atom is -0.489 e. The summed E-state index contributed by atoms with van der Waals surface area (Å²) in [5.41, 5.74) is 6.47. The Morgan fingerprint density at radius 3 is 2.45 bits per heavy atom. The van der Waals surface area contributed by atoms with E-state index in [1.54, 1.807) is 0 Å². The highest BCUT2D eigenvalue weighted by Gasteiger charge is 2.40. The van der Waals surface area contributed by atoms with Crippen molar-refractivity contribution >= 4 is 22.9 Å². The van der Waals surface area contributed by atoms with Crippen molar-refractivity contribution in [1.82, 2.24) is 10.6 Å². The van der Waals surface area contributed by atoms with Crippen LogP contribution < -0.4 is 24.8 Å². The van der Waals surface area contributed by atoms with Gasteiger partial charge in [0.25, 0.3) is 5.24 Å². The van der Waals surface area contributed by atoms with Crippen molar-refractivity contribution in [3.8, 4) is 17.2 Å². The molecule has 6 rings (SSSR count). The van der Waals surface area contributed by atoms with Crippen LogP contribution >= 0.6 is 11.8 Å². The number of benzene rings is 3. The fraction of sp³-hybridized carbons (Fsp3) is 0.444. The molecule has 2 saturated heterocycles. The quantitative estimate of drug-likeness (QED) is 0.261. The van der Waals surface area contributed by atoms with E-state index in [0.717, 1.165) is 89.9 Å². The Hall–Kier alpha value is -3.49. The molecular formula is C36H42N2O5S. The molecule has 3 aliphatic rings. The van der Waals surface area contributed by atoms with Gasteiger partial charge >= 0.3 is 0 Å². The van der Waals surface area contributed by atoms with Crippen molar-refractivity contribution in [1.29, 1.82) is 0 Å². The zero-order valence-electron chi connectivity index (χ0n) is 26.0. The highest BCUT2D eigenvalue weighted by molar-refractivity contribution is 8.15. The van der Waals surface area contributed by atoms with Crippen LogP contribution in [0.4, 0.5) is 4.79 Å². The van der Waals surface area contributed by atoms with E-state index in [4.69, 9.17) is 14.2 Å². The van der Waals surface area contributed by atoms with Crippen molar-refractivity contribution in [3.63, 3.8) is 0 Å². The first-order valence-electron chi connectivity index (χ1n) is 15.7. The molecule has 3 aromatic rings. The number of hydrogen-bond donors (Lipinski definition) is 2. The number of hydrogen-bond acceptors (Lipinski definition) is 7. The lowest BCUT2D eigenvalue weighted by Crippen LogP contribution is -2.47. The summed E-state index contributed by atoms with van der Waals surface area (Å²) in [5, 5.41) is 5.37. The molecule has 0 aromatic heterocycles. The number of carbonyl (C=O) groups excluding carboxylic acids is 2. The number of amides is 2. The monoisotopic (exact) mass is 614 g/mol. The van der Waals surface area contributed by atoms with Crippen LogP contribution in [0.1, 0.15) is 66.0 Å². The lowest BCUT2D eigenvalue weighted by atomic mass is 9.83. The molecule has 2 N–H and O–H groups in total. The second-order valence-electron chi connectivity index (χ2n) is 12.6. The molecule has 0 radical (unpaired) electrons. The average Bonchev–Trinajstić information content (AvgIpc) is 3.66. The number of thioether (sulfide) groups is 1. The second kappa shape index (κ2) is 12.9. The van der Waals surface area contributed by atoms with Crippen molar-refractivity contribution in [2.24, 2.45) is 0 Å². The van der Waals surface area contributed by atoms with Gasteiger partial charge in [0.05, 0.1) is 5.25 Å². The smallest absolute Gasteiger partial charge is 0.286 e. The van der Waals surface area contributed by atoms with E-state index in [1.807, 2.05) is 42.5 Å². The van der Waals surface area contributed by atoms with Gasteiger partial charge in [-0.25, -0.2) is 0 Å². The molecule has 7 nitrogen and oxygen atoms in total. The van der Waals surface area contributed by atoms with Gasteiger partial charge in [0.15, 0.2) is 0 Å². The molecule has 0 bridgehead atoms. The van der Waals surface area contributed by atoms with Crippen LogP contribution in [-0.4, -0.2) is 40.7 Å². The maximum Gasteiger partial charge on any atom is 0.286 e. The van der Waals surface area contributed by atoms with E-state index >= 15 is 0 Å². The van der Waals surface area contributed by atoms with E-state index in [0.29, 0.717) is 13.0 Å². The van der Waals surface area contributed by atoms with Crippen LogP contribution in [0.2, 0.25) is 0 Å². The molecule has 0 aliphatic carbocycles. The third-order valence-corrected chi connectivity index (χ3v) is 10.3. The molecule has 3 unspecified atom stereocenters. The highest BCUT2D eigenvalue weighted by Crippen LogP contribution is 2.45. The van der Waals surface area contributed by atoms with E-state index in [9.17, 15) is 9.59 Å². The summed E-state index contributed by atoms with van der Waals surface area (Å²) in [6.45, 7) is 10.2. The fourth-order valence-corrected chi connectivity index (χ4v) is 7.57. The lowest BCUT2D eigenvalue weighted by molar-refractivity contribution is -0.118. The van der Waals surface area contributed by atoms with Gasteiger partial charge in [-0.05, 0) is 106 Å². The van der Waals surface area contributed by atoms with Crippen molar-refractivity contribution < 1.29 is 23.8 Å². The third kappa shape index (κ3) is 6.61. The topological polar surface area (TPSA) is 85.9 Å². The summed E-state index contributed by atoms with van der Waals surface area (Å²) in [5.74, 6) is 2.55. The van der Waals surface area contributed by atoms with Crippen LogP contribution in [0.3, 0.4) is 0 Å². The van der Waals surface area contributed by atoms with Gasteiger partial charge in [-0.1, -0.05) is 54.2 Å². The first kappa shape index (κ1) is 30.5. The van der Waals surface area contributed by atoms with Crippen LogP contribution in [0.5, 0.6) is 17.2 Å². The Bertz CT molecular complexity index is 1520. The molecule has 3 aliphatic heterocycles. The van der Waals surface area contributed by atoms with Crippen molar-refractivity contribution in [2.45, 2.75) is 95.8 Å². The molecule has 44 heavy (non-hydrogen) atoms. The van der Waals surface area contributed by atoms with E-state index < -0.39 is 0 Å². The Morgan fingerprint density at radius 1 is 1.00 bits per heavy atom. The molecule has 3 aromatic carbocycles. The minimum atomic E-state index is -0.377. The fourth-order valence-electron chi connectivity index (χ4n) is 6.71. The number of fused-ring (bicyclic) bond motifs is 1. The summed E-state index contributed by atoms with van der Waals surface area (Å²) in [7, 11) is 0. The zero-order valence-corrected chi connectivity index (χ0v) is 26.9. The summed E-state index contributed by atoms with van der Waals surface area (Å²) < 4.78 is 20.0. The maximum absolute atomic E-state index is 12.0. The van der Waals surface area contributed by atoms with Gasteiger partial charge < -0.3 is 19.5 Å². The zero-order chi connectivity index (χ0) is 30.8. The number of imide groups is 1. The van der Waals surface area contributed by atoms with Gasteiger partial charge in [-0.3, -0.25) is 14.9 Å². The molecular weight excluding hydrogens is 572 g/mol. The van der Waals surface area contributed by atoms with Gasteiger partial charge in [0, 0.05) is 18.0 Å². The van der Waals surface area contributed by atoms with Gasteiger partial charge in [0.1, 0.15) is 35.6 Å². The molecule has 2 amide bonds. The van der Waals surface area contributed by atoms with Crippen molar-refractivity contribution in [3.05, 3.63) is 88.0 Å². The third-order valence-electron chi connectivity index (χ3n) is 9.37. The number of rotatable bonds is 10. The first-order valence-corrected chi connectivity index (χ1v) is 16.6. The number of nitrogens with one attached hydrogen (secondary N) is 2. The Kier molecular flexibility index (Phi) is 8.92. The normalized spacial score (nSPS) is 23.5. The Labute approximate surface area is 264 Å². The predicted molar refractivity (Wildman–Crippen MR) is 174 cm³/mol.